The van der Waals surface area contributed by atoms with Gasteiger partial charge in [-0.15, -0.1) is 11.3 Å². The van der Waals surface area contributed by atoms with Crippen molar-refractivity contribution in [3.63, 3.8) is 0 Å². The number of thiophene rings is 1. The van der Waals surface area contributed by atoms with Crippen LogP contribution in [0.3, 0.4) is 0 Å². The summed E-state index contributed by atoms with van der Waals surface area (Å²) in [6.07, 6.45) is 1.30. The average Bonchev–Trinajstić information content (AvgIpc) is 3.18. The lowest BCUT2D eigenvalue weighted by Gasteiger charge is -2.10. The van der Waals surface area contributed by atoms with Crippen LogP contribution in [0.5, 0.6) is 11.5 Å². The standard InChI is InChI=1S/C24H21ClN4O5S/c1-13-20-23(35-21(13)22(31)28-16-10-14(25)8-9-18(16)34-3)26-12-29(24(20)32)11-19(30)27-15-6-4-5-7-17(15)33-2/h4-10,12H,11H2,1-3H3,(H,27,30)(H,28,31). The van der Waals surface area contributed by atoms with Crippen molar-refractivity contribution in [2.24, 2.45) is 0 Å². The number of anilines is 2. The maximum atomic E-state index is 13.2. The quantitative estimate of drug-likeness (QED) is 0.381. The number of fused-ring (bicyclic) bond motifs is 1. The minimum atomic E-state index is -0.425. The van der Waals surface area contributed by atoms with Crippen LogP contribution in [0, 0.1) is 6.92 Å². The zero-order valence-corrected chi connectivity index (χ0v) is 20.6. The molecule has 2 aromatic heterocycles. The Balaban J connectivity index is 1.60. The van der Waals surface area contributed by atoms with Crippen LogP contribution in [0.2, 0.25) is 5.02 Å². The zero-order valence-electron chi connectivity index (χ0n) is 19.0. The molecule has 0 aliphatic rings. The highest BCUT2D eigenvalue weighted by Crippen LogP contribution is 2.31. The van der Waals surface area contributed by atoms with Crippen molar-refractivity contribution in [3.05, 3.63) is 74.6 Å². The molecule has 2 amide bonds. The molecule has 0 bridgehead atoms. The normalized spacial score (nSPS) is 10.7. The van der Waals surface area contributed by atoms with Gasteiger partial charge in [0, 0.05) is 5.02 Å². The molecule has 0 atom stereocenters. The second-order valence-corrected chi connectivity index (χ2v) is 8.90. The van der Waals surface area contributed by atoms with Crippen molar-refractivity contribution in [1.29, 1.82) is 0 Å². The van der Waals surface area contributed by atoms with E-state index in [1.807, 2.05) is 0 Å². The monoisotopic (exact) mass is 512 g/mol. The molecule has 2 N–H and O–H groups in total. The molecule has 2 aromatic carbocycles. The Morgan fingerprint density at radius 2 is 1.77 bits per heavy atom. The molecule has 0 saturated carbocycles. The van der Waals surface area contributed by atoms with E-state index in [1.54, 1.807) is 49.4 Å². The predicted molar refractivity (Wildman–Crippen MR) is 136 cm³/mol. The summed E-state index contributed by atoms with van der Waals surface area (Å²) in [4.78, 5) is 43.8. The maximum absolute atomic E-state index is 13.2. The lowest BCUT2D eigenvalue weighted by molar-refractivity contribution is -0.116. The number of hydrogen-bond acceptors (Lipinski definition) is 7. The average molecular weight is 513 g/mol. The summed E-state index contributed by atoms with van der Waals surface area (Å²) in [6, 6.07) is 11.8. The summed E-state index contributed by atoms with van der Waals surface area (Å²) in [6.45, 7) is 1.42. The number of nitrogens with one attached hydrogen (secondary N) is 2. The minimum absolute atomic E-state index is 0.254. The molecule has 11 heteroatoms. The molecule has 0 saturated heterocycles. The van der Waals surface area contributed by atoms with Gasteiger partial charge in [0.1, 0.15) is 22.9 Å². The van der Waals surface area contributed by atoms with E-state index in [2.05, 4.69) is 15.6 Å². The first-order valence-electron chi connectivity index (χ1n) is 10.4. The Bertz CT molecular complexity index is 1500. The van der Waals surface area contributed by atoms with Crippen LogP contribution in [-0.4, -0.2) is 35.6 Å². The van der Waals surface area contributed by atoms with Crippen LogP contribution in [0.15, 0.2) is 53.6 Å². The second kappa shape index (κ2) is 10.2. The third-order valence-electron chi connectivity index (χ3n) is 5.23. The molecule has 2 heterocycles. The Kier molecular flexibility index (Phi) is 7.04. The number of carbonyl (C=O) groups is 2. The van der Waals surface area contributed by atoms with E-state index in [-0.39, 0.29) is 11.9 Å². The molecular formula is C24H21ClN4O5S. The van der Waals surface area contributed by atoms with Crippen LogP contribution >= 0.6 is 22.9 Å². The molecular weight excluding hydrogens is 492 g/mol. The summed E-state index contributed by atoms with van der Waals surface area (Å²) >= 11 is 7.14. The molecule has 0 radical (unpaired) electrons. The molecule has 180 valence electrons. The van der Waals surface area contributed by atoms with Gasteiger partial charge >= 0.3 is 0 Å². The highest BCUT2D eigenvalue weighted by atomic mass is 35.5. The Morgan fingerprint density at radius 1 is 1.06 bits per heavy atom. The number of rotatable bonds is 7. The maximum Gasteiger partial charge on any atom is 0.266 e. The highest BCUT2D eigenvalue weighted by molar-refractivity contribution is 7.20. The molecule has 0 spiro atoms. The van der Waals surface area contributed by atoms with Crippen molar-refractivity contribution in [2.45, 2.75) is 13.5 Å². The zero-order chi connectivity index (χ0) is 25.1. The van der Waals surface area contributed by atoms with Crippen molar-refractivity contribution < 1.29 is 19.1 Å². The highest BCUT2D eigenvalue weighted by Gasteiger charge is 2.21. The summed E-state index contributed by atoms with van der Waals surface area (Å²) in [5.74, 6) is 0.105. The van der Waals surface area contributed by atoms with Gasteiger partial charge in [-0.2, -0.15) is 0 Å². The van der Waals surface area contributed by atoms with Gasteiger partial charge in [0.05, 0.1) is 42.2 Å². The van der Waals surface area contributed by atoms with Crippen LogP contribution in [0.25, 0.3) is 10.2 Å². The van der Waals surface area contributed by atoms with Gasteiger partial charge in [-0.1, -0.05) is 23.7 Å². The molecule has 35 heavy (non-hydrogen) atoms. The van der Waals surface area contributed by atoms with E-state index in [0.29, 0.717) is 43.2 Å². The Hall–Kier alpha value is -3.89. The predicted octanol–water partition coefficient (Wildman–Crippen LogP) is 4.33. The van der Waals surface area contributed by atoms with E-state index in [0.717, 1.165) is 11.3 Å². The Morgan fingerprint density at radius 3 is 2.51 bits per heavy atom. The van der Waals surface area contributed by atoms with Gasteiger partial charge < -0.3 is 20.1 Å². The number of aromatic nitrogens is 2. The fourth-order valence-corrected chi connectivity index (χ4v) is 4.74. The fraction of sp³-hybridized carbons (Fsp3) is 0.167. The minimum Gasteiger partial charge on any atom is -0.495 e. The number of para-hydroxylation sites is 2. The van der Waals surface area contributed by atoms with Gasteiger partial charge in [0.25, 0.3) is 11.5 Å². The van der Waals surface area contributed by atoms with Crippen LogP contribution in [-0.2, 0) is 11.3 Å². The molecule has 0 unspecified atom stereocenters. The number of carbonyl (C=O) groups excluding carboxylic acids is 2. The smallest absolute Gasteiger partial charge is 0.266 e. The van der Waals surface area contributed by atoms with Gasteiger partial charge in [-0.3, -0.25) is 19.0 Å². The lowest BCUT2D eigenvalue weighted by atomic mass is 10.2. The topological polar surface area (TPSA) is 112 Å². The number of halogens is 1. The van der Waals surface area contributed by atoms with E-state index in [4.69, 9.17) is 21.1 Å². The third kappa shape index (κ3) is 4.98. The van der Waals surface area contributed by atoms with Crippen molar-refractivity contribution in [3.8, 4) is 11.5 Å². The largest absolute Gasteiger partial charge is 0.495 e. The number of methoxy groups -OCH3 is 2. The fourth-order valence-electron chi connectivity index (χ4n) is 3.54. The van der Waals surface area contributed by atoms with Crippen LogP contribution in [0.1, 0.15) is 15.2 Å². The van der Waals surface area contributed by atoms with Gasteiger partial charge in [-0.25, -0.2) is 4.98 Å². The van der Waals surface area contributed by atoms with E-state index < -0.39 is 17.4 Å². The molecule has 0 aliphatic carbocycles. The van der Waals surface area contributed by atoms with Crippen LogP contribution in [0.4, 0.5) is 11.4 Å². The number of benzene rings is 2. The van der Waals surface area contributed by atoms with Gasteiger partial charge in [0.2, 0.25) is 5.91 Å². The van der Waals surface area contributed by atoms with Gasteiger partial charge in [-0.05, 0) is 42.8 Å². The molecule has 4 rings (SSSR count). The molecule has 0 fully saturated rings. The van der Waals surface area contributed by atoms with E-state index in [1.165, 1.54) is 25.1 Å². The van der Waals surface area contributed by atoms with Gasteiger partial charge in [0.15, 0.2) is 0 Å². The summed E-state index contributed by atoms with van der Waals surface area (Å²) in [5, 5.41) is 6.22. The summed E-state index contributed by atoms with van der Waals surface area (Å²) < 4.78 is 11.7. The first kappa shape index (κ1) is 24.2. The number of nitrogens with zero attached hydrogens (tertiary/aromatic N) is 2. The van der Waals surface area contributed by atoms with E-state index in [9.17, 15) is 14.4 Å². The number of ether oxygens (including phenoxy) is 2. The molecule has 4 aromatic rings. The van der Waals surface area contributed by atoms with Crippen LogP contribution < -0.4 is 25.7 Å². The molecule has 0 aliphatic heterocycles. The summed E-state index contributed by atoms with van der Waals surface area (Å²) in [7, 11) is 2.99. The van der Waals surface area contributed by atoms with Crippen molar-refractivity contribution in [1.82, 2.24) is 9.55 Å². The first-order valence-corrected chi connectivity index (χ1v) is 11.6. The van der Waals surface area contributed by atoms with Crippen molar-refractivity contribution in [2.75, 3.05) is 24.9 Å². The SMILES string of the molecule is COc1ccccc1NC(=O)Cn1cnc2sc(C(=O)Nc3cc(Cl)ccc3OC)c(C)c2c1=O. The number of amides is 2. The second-order valence-electron chi connectivity index (χ2n) is 7.46. The lowest BCUT2D eigenvalue weighted by Crippen LogP contribution is -2.28. The van der Waals surface area contributed by atoms with E-state index >= 15 is 0 Å². The summed E-state index contributed by atoms with van der Waals surface area (Å²) in [5.41, 5.74) is 0.947. The Labute approximate surface area is 209 Å². The number of aryl methyl sites for hydroxylation is 1. The first-order chi connectivity index (χ1) is 16.8. The van der Waals surface area contributed by atoms with Crippen molar-refractivity contribution >= 4 is 56.3 Å². The molecule has 9 nitrogen and oxygen atoms in total. The third-order valence-corrected chi connectivity index (χ3v) is 6.66. The number of hydrogen-bond donors (Lipinski definition) is 2.